The Labute approximate surface area is 336 Å². The largest absolute Gasteiger partial charge is 0.494 e. The van der Waals surface area contributed by atoms with Crippen molar-refractivity contribution in [3.05, 3.63) is 92.0 Å². The van der Waals surface area contributed by atoms with E-state index in [1.807, 2.05) is 75.8 Å². The highest BCUT2D eigenvalue weighted by Crippen LogP contribution is 2.46. The Morgan fingerprint density at radius 3 is 2.23 bits per heavy atom. The van der Waals surface area contributed by atoms with Gasteiger partial charge in [-0.3, -0.25) is 9.48 Å². The first-order chi connectivity index (χ1) is 26.7. The number of ether oxygens (including phenoxy) is 3. The lowest BCUT2D eigenvalue weighted by molar-refractivity contribution is 0.0687. The number of benzene rings is 3. The summed E-state index contributed by atoms with van der Waals surface area (Å²) in [6.07, 6.45) is 1.85. The summed E-state index contributed by atoms with van der Waals surface area (Å²) in [7, 11) is 5.27. The van der Waals surface area contributed by atoms with Gasteiger partial charge in [0.1, 0.15) is 22.9 Å². The van der Waals surface area contributed by atoms with Crippen LogP contribution >= 0.6 is 23.2 Å². The van der Waals surface area contributed by atoms with Gasteiger partial charge in [0.15, 0.2) is 0 Å². The van der Waals surface area contributed by atoms with Crippen molar-refractivity contribution in [2.24, 2.45) is 14.1 Å². The fourth-order valence-corrected chi connectivity index (χ4v) is 8.64. The Kier molecular flexibility index (Phi) is 10.9. The molecule has 294 valence electrons. The molecule has 1 aliphatic heterocycles. The van der Waals surface area contributed by atoms with E-state index in [1.54, 1.807) is 29.7 Å². The van der Waals surface area contributed by atoms with Crippen molar-refractivity contribution in [3.63, 3.8) is 0 Å². The minimum atomic E-state index is -1.06. The van der Waals surface area contributed by atoms with Crippen molar-refractivity contribution < 1.29 is 28.9 Å². The normalized spacial score (nSPS) is 14.3. The molecule has 1 amide bonds. The van der Waals surface area contributed by atoms with Crippen molar-refractivity contribution in [1.29, 1.82) is 0 Å². The molecular formula is C43H47Cl2N5O6. The van der Waals surface area contributed by atoms with Gasteiger partial charge in [0.05, 0.1) is 40.7 Å². The Hall–Kier alpha value is -4.97. The molecule has 7 rings (SSSR count). The van der Waals surface area contributed by atoms with E-state index in [0.717, 1.165) is 60.9 Å². The van der Waals surface area contributed by atoms with E-state index in [4.69, 9.17) is 42.5 Å². The third-order valence-corrected chi connectivity index (χ3v) is 11.8. The third-order valence-electron chi connectivity index (χ3n) is 10.9. The highest BCUT2D eigenvalue weighted by molar-refractivity contribution is 6.35. The molecule has 6 aromatic rings. The van der Waals surface area contributed by atoms with E-state index in [1.165, 1.54) is 0 Å². The number of carboxylic acid groups (broad SMARTS) is 1. The lowest BCUT2D eigenvalue weighted by atomic mass is 9.98. The van der Waals surface area contributed by atoms with Crippen LogP contribution in [0.25, 0.3) is 32.9 Å². The zero-order valence-corrected chi connectivity index (χ0v) is 34.6. The zero-order valence-electron chi connectivity index (χ0n) is 33.0. The third kappa shape index (κ3) is 6.79. The van der Waals surface area contributed by atoms with Crippen molar-refractivity contribution in [1.82, 2.24) is 18.9 Å². The fraction of sp³-hybridized carbons (Fsp3) is 0.372. The number of aromatic carboxylic acids is 1. The van der Waals surface area contributed by atoms with Crippen molar-refractivity contribution in [3.8, 4) is 22.6 Å². The second-order valence-electron chi connectivity index (χ2n) is 14.7. The Bertz CT molecular complexity index is 2510. The molecule has 1 N–H and O–H groups in total. The van der Waals surface area contributed by atoms with Gasteiger partial charge in [-0.25, -0.2) is 4.79 Å². The summed E-state index contributed by atoms with van der Waals surface area (Å²) >= 11 is 13.5. The summed E-state index contributed by atoms with van der Waals surface area (Å²) in [5.41, 5.74) is 9.16. The van der Waals surface area contributed by atoms with Gasteiger partial charge in [0.2, 0.25) is 0 Å². The average Bonchev–Trinajstić information content (AvgIpc) is 3.76. The van der Waals surface area contributed by atoms with E-state index < -0.39 is 5.97 Å². The smallest absolute Gasteiger partial charge is 0.352 e. The molecule has 0 saturated heterocycles. The quantitative estimate of drug-likeness (QED) is 0.116. The van der Waals surface area contributed by atoms with Crippen LogP contribution in [0.3, 0.4) is 0 Å². The van der Waals surface area contributed by atoms with Crippen molar-refractivity contribution >= 4 is 62.6 Å². The van der Waals surface area contributed by atoms with Crippen LogP contribution in [-0.4, -0.2) is 69.4 Å². The topological polar surface area (TPSA) is 113 Å². The fourth-order valence-electron chi connectivity index (χ4n) is 8.28. The summed E-state index contributed by atoms with van der Waals surface area (Å²) in [5, 5.41) is 17.7. The van der Waals surface area contributed by atoms with E-state index in [0.29, 0.717) is 78.7 Å². The number of aryl methyl sites for hydroxylation is 6. The molecule has 0 radical (unpaired) electrons. The predicted molar refractivity (Wildman–Crippen MR) is 222 cm³/mol. The number of hydrogen-bond donors (Lipinski definition) is 1. The van der Waals surface area contributed by atoms with Gasteiger partial charge in [-0.2, -0.15) is 5.10 Å². The Morgan fingerprint density at radius 1 is 0.911 bits per heavy atom. The van der Waals surface area contributed by atoms with Crippen LogP contribution in [-0.2, 0) is 25.3 Å². The lowest BCUT2D eigenvalue weighted by Gasteiger charge is -2.35. The number of rotatable bonds is 13. The van der Waals surface area contributed by atoms with Gasteiger partial charge < -0.3 is 33.4 Å². The molecule has 56 heavy (non-hydrogen) atoms. The monoisotopic (exact) mass is 799 g/mol. The maximum Gasteiger partial charge on any atom is 0.352 e. The molecule has 0 unspecified atom stereocenters. The number of halogens is 2. The number of methoxy groups -OCH3 is 1. The number of carboxylic acids is 1. The number of anilines is 1. The average molecular weight is 801 g/mol. The van der Waals surface area contributed by atoms with E-state index in [2.05, 4.69) is 11.5 Å². The number of carbonyl (C=O) groups excluding carboxylic acids is 1. The molecule has 3 aromatic heterocycles. The number of fused-ring (bicyclic) bond motifs is 4. The van der Waals surface area contributed by atoms with Crippen LogP contribution in [0.1, 0.15) is 74.9 Å². The zero-order chi connectivity index (χ0) is 40.2. The first-order valence-electron chi connectivity index (χ1n) is 18.8. The Balaban J connectivity index is 1.38. The SMILES string of the molecule is COCCCOc1cc(N2C[C@@H](C)n3c(c(CCCOc4cc(C)c(Cl)c(C)c4)c4ccc(Cl)c(-c5c(C)nn(C)c5C)c43)C2=O)c2c(c1)cc(C(=O)O)n2C. The standard InChI is InChI=1S/C43H47Cl2N5O6/c1-23-17-29(18-24(2)38(23)45)55-15-9-11-31-32-12-13-33(44)37(36-26(4)46-48(7)27(36)5)40(32)50-25(3)22-49(42(51)41(31)50)34-21-30(56-16-10-14-54-8)19-28-20-35(43(52)53)47(6)39(28)34/h12-13,17-21,25H,9-11,14-16,22H2,1-8H3,(H,52,53)/t25-/m1/s1. The van der Waals surface area contributed by atoms with Crippen LogP contribution < -0.4 is 14.4 Å². The van der Waals surface area contributed by atoms with Crippen LogP contribution in [0, 0.1) is 27.7 Å². The molecule has 0 spiro atoms. The second kappa shape index (κ2) is 15.5. The first-order valence-corrected chi connectivity index (χ1v) is 19.5. The van der Waals surface area contributed by atoms with E-state index >= 15 is 4.79 Å². The summed E-state index contributed by atoms with van der Waals surface area (Å²) in [6.45, 7) is 11.7. The molecular weight excluding hydrogens is 753 g/mol. The molecule has 1 atom stereocenters. The molecule has 4 heterocycles. The minimum Gasteiger partial charge on any atom is -0.494 e. The van der Waals surface area contributed by atoms with Gasteiger partial charge in [-0.1, -0.05) is 29.3 Å². The van der Waals surface area contributed by atoms with Crippen LogP contribution in [0.4, 0.5) is 5.69 Å². The summed E-state index contributed by atoms with van der Waals surface area (Å²) in [4.78, 5) is 29.4. The number of amides is 1. The van der Waals surface area contributed by atoms with E-state index in [-0.39, 0.29) is 17.6 Å². The molecule has 0 saturated carbocycles. The minimum absolute atomic E-state index is 0.109. The first kappa shape index (κ1) is 39.3. The highest BCUT2D eigenvalue weighted by Gasteiger charge is 2.38. The maximum atomic E-state index is 15.3. The van der Waals surface area contributed by atoms with Crippen molar-refractivity contribution in [2.75, 3.05) is 38.4 Å². The number of nitrogens with zero attached hydrogens (tertiary/aromatic N) is 5. The Morgan fingerprint density at radius 2 is 1.59 bits per heavy atom. The van der Waals surface area contributed by atoms with Gasteiger partial charge in [-0.05, 0) is 94.5 Å². The number of carbonyl (C=O) groups is 2. The van der Waals surface area contributed by atoms with Crippen LogP contribution in [0.5, 0.6) is 11.5 Å². The van der Waals surface area contributed by atoms with Gasteiger partial charge in [0.25, 0.3) is 5.91 Å². The van der Waals surface area contributed by atoms with Crippen LogP contribution in [0.2, 0.25) is 10.0 Å². The predicted octanol–water partition coefficient (Wildman–Crippen LogP) is 9.42. The molecule has 11 nitrogen and oxygen atoms in total. The summed E-state index contributed by atoms with van der Waals surface area (Å²) < 4.78 is 23.3. The van der Waals surface area contributed by atoms with Gasteiger partial charge in [-0.15, -0.1) is 0 Å². The second-order valence-corrected chi connectivity index (χ2v) is 15.5. The molecule has 1 aliphatic rings. The highest BCUT2D eigenvalue weighted by atomic mass is 35.5. The molecule has 13 heteroatoms. The molecule has 3 aromatic carbocycles. The number of aromatic nitrogens is 4. The lowest BCUT2D eigenvalue weighted by Crippen LogP contribution is -2.43. The van der Waals surface area contributed by atoms with Gasteiger partial charge >= 0.3 is 5.97 Å². The maximum absolute atomic E-state index is 15.3. The van der Waals surface area contributed by atoms with E-state index in [9.17, 15) is 9.90 Å². The summed E-state index contributed by atoms with van der Waals surface area (Å²) in [6, 6.07) is 12.9. The van der Waals surface area contributed by atoms with Gasteiger partial charge in [0, 0.05) is 85.5 Å². The summed E-state index contributed by atoms with van der Waals surface area (Å²) in [5.74, 6) is 0.0305. The molecule has 0 aliphatic carbocycles. The van der Waals surface area contributed by atoms with Crippen LogP contribution in [0.15, 0.2) is 42.5 Å². The number of hydrogen-bond acceptors (Lipinski definition) is 6. The molecule has 0 fully saturated rings. The van der Waals surface area contributed by atoms with Crippen molar-refractivity contribution in [2.45, 2.75) is 59.9 Å². The molecule has 0 bridgehead atoms.